The molecule has 0 aliphatic heterocycles. The van der Waals surface area contributed by atoms with Crippen LogP contribution in [-0.4, -0.2) is 0 Å². The fraction of sp³-hybridized carbons (Fsp3) is 0.280. The Morgan fingerprint density at radius 3 is 2.48 bits per heavy atom. The molecule has 0 N–H and O–H groups in total. The molecule has 0 saturated heterocycles. The highest BCUT2D eigenvalue weighted by atomic mass is 14.3. The fourth-order valence-electron chi connectivity index (χ4n) is 5.23. The largest absolute Gasteiger partial charge is 0.102 e. The molecule has 1 fully saturated rings. The highest BCUT2D eigenvalue weighted by Crippen LogP contribution is 2.50. The Labute approximate surface area is 150 Å². The van der Waals surface area contributed by atoms with Crippen molar-refractivity contribution in [2.75, 3.05) is 0 Å². The van der Waals surface area contributed by atoms with E-state index in [-0.39, 0.29) is 0 Å². The van der Waals surface area contributed by atoms with Crippen LogP contribution in [0.15, 0.2) is 72.8 Å². The Bertz CT molecular complexity index is 903. The second kappa shape index (κ2) is 5.88. The quantitative estimate of drug-likeness (QED) is 0.539. The Morgan fingerprint density at radius 1 is 0.880 bits per heavy atom. The smallest absolute Gasteiger partial charge is 0.0285 e. The predicted molar refractivity (Wildman–Crippen MR) is 107 cm³/mol. The van der Waals surface area contributed by atoms with Gasteiger partial charge in [-0.3, -0.25) is 0 Å². The molecular formula is C25H24. The van der Waals surface area contributed by atoms with Crippen LogP contribution in [0.3, 0.4) is 0 Å². The zero-order chi connectivity index (χ0) is 16.8. The van der Waals surface area contributed by atoms with Gasteiger partial charge in [-0.25, -0.2) is 0 Å². The van der Waals surface area contributed by atoms with Gasteiger partial charge in [-0.2, -0.15) is 0 Å². The van der Waals surface area contributed by atoms with Crippen LogP contribution in [0.2, 0.25) is 0 Å². The number of benzene rings is 2. The molecule has 1 atom stereocenters. The molecule has 25 heavy (non-hydrogen) atoms. The third-order valence-electron chi connectivity index (χ3n) is 6.35. The Hall–Kier alpha value is -2.34. The first-order valence-electron chi connectivity index (χ1n) is 9.63. The van der Waals surface area contributed by atoms with E-state index in [4.69, 9.17) is 0 Å². The van der Waals surface area contributed by atoms with Gasteiger partial charge in [-0.1, -0.05) is 79.1 Å². The first-order chi connectivity index (χ1) is 12.4. The van der Waals surface area contributed by atoms with Crippen molar-refractivity contribution in [3.8, 4) is 11.1 Å². The molecule has 0 heterocycles. The summed E-state index contributed by atoms with van der Waals surface area (Å²) in [5, 5.41) is 0. The van der Waals surface area contributed by atoms with E-state index in [1.165, 1.54) is 59.1 Å². The molecule has 0 heteroatoms. The minimum Gasteiger partial charge on any atom is -0.102 e. The standard InChI is InChI=1S/C25H24/c1-2-18-20-11-5-6-12-22(20)24-16-8-15-23(25(18)24)21-14-7-13-19(21)17-9-3-4-10-17/h2,5-8,11-12,14-18H,1,3-4,9-10,13H2. The summed E-state index contributed by atoms with van der Waals surface area (Å²) < 4.78 is 0. The van der Waals surface area contributed by atoms with Crippen LogP contribution in [0.25, 0.3) is 16.7 Å². The molecule has 1 unspecified atom stereocenters. The Kier molecular flexibility index (Phi) is 3.52. The summed E-state index contributed by atoms with van der Waals surface area (Å²) in [5.41, 5.74) is 10.3. The number of fused-ring (bicyclic) bond motifs is 3. The second-order valence-electron chi connectivity index (χ2n) is 7.59. The molecule has 3 aliphatic rings. The van der Waals surface area contributed by atoms with E-state index in [1.807, 2.05) is 0 Å². The van der Waals surface area contributed by atoms with E-state index >= 15 is 0 Å². The molecule has 0 nitrogen and oxygen atoms in total. The molecule has 3 aliphatic carbocycles. The van der Waals surface area contributed by atoms with E-state index in [9.17, 15) is 0 Å². The molecular weight excluding hydrogens is 300 g/mol. The second-order valence-corrected chi connectivity index (χ2v) is 7.59. The minimum atomic E-state index is 0.314. The van der Waals surface area contributed by atoms with Crippen LogP contribution in [0.5, 0.6) is 0 Å². The lowest BCUT2D eigenvalue weighted by molar-refractivity contribution is 0.635. The minimum absolute atomic E-state index is 0.314. The lowest BCUT2D eigenvalue weighted by atomic mass is 9.85. The van der Waals surface area contributed by atoms with Crippen molar-refractivity contribution < 1.29 is 0 Å². The molecule has 0 aromatic heterocycles. The van der Waals surface area contributed by atoms with E-state index < -0.39 is 0 Å². The molecule has 2 aromatic carbocycles. The SMILES string of the molecule is C=CC1c2ccccc2-c2cccc(C3=C(C4CCCC4)CC=C3)c21. The van der Waals surface area contributed by atoms with Gasteiger partial charge in [-0.05, 0) is 58.6 Å². The highest BCUT2D eigenvalue weighted by Gasteiger charge is 2.31. The summed E-state index contributed by atoms with van der Waals surface area (Å²) >= 11 is 0. The highest BCUT2D eigenvalue weighted by molar-refractivity contribution is 5.90. The normalized spacial score (nSPS) is 21.7. The first-order valence-corrected chi connectivity index (χ1v) is 9.63. The Balaban J connectivity index is 1.71. The van der Waals surface area contributed by atoms with Gasteiger partial charge in [-0.15, -0.1) is 6.58 Å². The molecule has 0 amide bonds. The third kappa shape index (κ3) is 2.20. The topological polar surface area (TPSA) is 0 Å². The summed E-state index contributed by atoms with van der Waals surface area (Å²) in [6.07, 6.45) is 13.6. The average molecular weight is 324 g/mol. The van der Waals surface area contributed by atoms with Crippen molar-refractivity contribution in [2.45, 2.75) is 38.0 Å². The fourth-order valence-corrected chi connectivity index (χ4v) is 5.23. The van der Waals surface area contributed by atoms with Crippen LogP contribution < -0.4 is 0 Å². The van der Waals surface area contributed by atoms with Gasteiger partial charge in [0.05, 0.1) is 0 Å². The summed E-state index contributed by atoms with van der Waals surface area (Å²) in [4.78, 5) is 0. The van der Waals surface area contributed by atoms with Gasteiger partial charge in [0.1, 0.15) is 0 Å². The van der Waals surface area contributed by atoms with Gasteiger partial charge >= 0.3 is 0 Å². The molecule has 0 spiro atoms. The maximum atomic E-state index is 4.17. The number of hydrogen-bond acceptors (Lipinski definition) is 0. The summed E-state index contributed by atoms with van der Waals surface area (Å²) in [5.74, 6) is 1.11. The van der Waals surface area contributed by atoms with Crippen molar-refractivity contribution in [2.24, 2.45) is 5.92 Å². The van der Waals surface area contributed by atoms with Crippen LogP contribution in [0.4, 0.5) is 0 Å². The predicted octanol–water partition coefficient (Wildman–Crippen LogP) is 6.89. The molecule has 0 bridgehead atoms. The first kappa shape index (κ1) is 15.0. The van der Waals surface area contributed by atoms with Crippen LogP contribution in [0, 0.1) is 5.92 Å². The number of allylic oxidation sites excluding steroid dienone is 5. The number of rotatable bonds is 3. The van der Waals surface area contributed by atoms with Crippen LogP contribution in [-0.2, 0) is 0 Å². The van der Waals surface area contributed by atoms with Crippen molar-refractivity contribution in [3.63, 3.8) is 0 Å². The van der Waals surface area contributed by atoms with Crippen molar-refractivity contribution in [1.82, 2.24) is 0 Å². The zero-order valence-corrected chi connectivity index (χ0v) is 14.7. The van der Waals surface area contributed by atoms with Crippen LogP contribution >= 0.6 is 0 Å². The van der Waals surface area contributed by atoms with Gasteiger partial charge in [0.2, 0.25) is 0 Å². The molecule has 124 valence electrons. The van der Waals surface area contributed by atoms with Crippen molar-refractivity contribution in [3.05, 3.63) is 89.5 Å². The van der Waals surface area contributed by atoms with Gasteiger partial charge in [0.25, 0.3) is 0 Å². The van der Waals surface area contributed by atoms with Gasteiger partial charge < -0.3 is 0 Å². The van der Waals surface area contributed by atoms with E-state index in [2.05, 4.69) is 67.3 Å². The molecule has 0 radical (unpaired) electrons. The van der Waals surface area contributed by atoms with Crippen molar-refractivity contribution >= 4 is 5.57 Å². The molecule has 5 rings (SSSR count). The van der Waals surface area contributed by atoms with E-state index in [0.717, 1.165) is 12.3 Å². The summed E-state index contributed by atoms with van der Waals surface area (Å²) in [6.45, 7) is 4.17. The lowest BCUT2D eigenvalue weighted by Crippen LogP contribution is -2.02. The number of hydrogen-bond donors (Lipinski definition) is 0. The van der Waals surface area contributed by atoms with Crippen molar-refractivity contribution in [1.29, 1.82) is 0 Å². The summed E-state index contributed by atoms with van der Waals surface area (Å²) in [7, 11) is 0. The van der Waals surface area contributed by atoms with Gasteiger partial charge in [0.15, 0.2) is 0 Å². The van der Waals surface area contributed by atoms with E-state index in [1.54, 1.807) is 5.57 Å². The third-order valence-corrected chi connectivity index (χ3v) is 6.35. The Morgan fingerprint density at radius 2 is 1.64 bits per heavy atom. The van der Waals surface area contributed by atoms with Crippen LogP contribution in [0.1, 0.15) is 54.7 Å². The average Bonchev–Trinajstić information content (AvgIpc) is 3.39. The van der Waals surface area contributed by atoms with Gasteiger partial charge in [0, 0.05) is 5.92 Å². The maximum absolute atomic E-state index is 4.17. The zero-order valence-electron chi connectivity index (χ0n) is 14.7. The lowest BCUT2D eigenvalue weighted by Gasteiger charge is -2.19. The molecule has 2 aromatic rings. The maximum Gasteiger partial charge on any atom is 0.0285 e. The van der Waals surface area contributed by atoms with E-state index in [0.29, 0.717) is 5.92 Å². The molecule has 1 saturated carbocycles. The summed E-state index contributed by atoms with van der Waals surface area (Å²) in [6, 6.07) is 15.7. The monoisotopic (exact) mass is 324 g/mol.